The highest BCUT2D eigenvalue weighted by atomic mass is 35.5. The summed E-state index contributed by atoms with van der Waals surface area (Å²) in [5.41, 5.74) is 8.20. The average molecular weight is 295 g/mol. The smallest absolute Gasteiger partial charge is 0.0621 e. The maximum absolute atomic E-state index is 6.13. The van der Waals surface area contributed by atoms with Gasteiger partial charge >= 0.3 is 0 Å². The first kappa shape index (κ1) is 14.3. The second kappa shape index (κ2) is 6.90. The molecule has 2 aromatic rings. The molecule has 0 aliphatic rings. The molecule has 0 amide bonds. The number of hydrogen-bond acceptors (Lipinski definition) is 2. The van der Waals surface area contributed by atoms with E-state index in [0.717, 1.165) is 23.4 Å². The molecule has 0 saturated carbocycles. The second-order valence-electron chi connectivity index (χ2n) is 4.60. The van der Waals surface area contributed by atoms with E-state index >= 15 is 0 Å². The van der Waals surface area contributed by atoms with Crippen LogP contribution in [0.1, 0.15) is 11.1 Å². The minimum absolute atomic E-state index is 0.362. The molecule has 1 aromatic carbocycles. The Labute approximate surface area is 123 Å². The third-order valence-corrected chi connectivity index (χ3v) is 3.73. The van der Waals surface area contributed by atoms with Gasteiger partial charge in [0, 0.05) is 17.4 Å². The summed E-state index contributed by atoms with van der Waals surface area (Å²) in [6.07, 6.45) is 5.22. The molecule has 1 aromatic heterocycles. The van der Waals surface area contributed by atoms with Crippen molar-refractivity contribution in [1.82, 2.24) is 4.98 Å². The van der Waals surface area contributed by atoms with Gasteiger partial charge in [-0.1, -0.05) is 35.3 Å². The molecule has 100 valence electrons. The Bertz CT molecular complexity index is 526. The van der Waals surface area contributed by atoms with Crippen LogP contribution in [-0.4, -0.2) is 11.5 Å². The first-order valence-electron chi connectivity index (χ1n) is 6.22. The van der Waals surface area contributed by atoms with Gasteiger partial charge in [0.05, 0.1) is 5.02 Å². The van der Waals surface area contributed by atoms with Crippen molar-refractivity contribution in [2.24, 2.45) is 11.7 Å². The topological polar surface area (TPSA) is 38.9 Å². The summed E-state index contributed by atoms with van der Waals surface area (Å²) in [7, 11) is 0. The number of aromatic nitrogens is 1. The third-order valence-electron chi connectivity index (χ3n) is 3.14. The number of hydrogen-bond donors (Lipinski definition) is 1. The molecule has 0 bridgehead atoms. The molecule has 0 aliphatic heterocycles. The monoisotopic (exact) mass is 294 g/mol. The minimum Gasteiger partial charge on any atom is -0.330 e. The van der Waals surface area contributed by atoms with Gasteiger partial charge in [0.1, 0.15) is 0 Å². The van der Waals surface area contributed by atoms with Gasteiger partial charge in [-0.25, -0.2) is 0 Å². The van der Waals surface area contributed by atoms with E-state index in [-0.39, 0.29) is 0 Å². The van der Waals surface area contributed by atoms with Crippen LogP contribution in [0.15, 0.2) is 42.7 Å². The first-order valence-corrected chi connectivity index (χ1v) is 6.97. The van der Waals surface area contributed by atoms with Crippen molar-refractivity contribution in [3.05, 3.63) is 63.9 Å². The van der Waals surface area contributed by atoms with Gasteiger partial charge in [-0.15, -0.1) is 0 Å². The number of rotatable bonds is 5. The molecule has 0 aliphatic carbocycles. The van der Waals surface area contributed by atoms with Gasteiger partial charge in [0.15, 0.2) is 0 Å². The van der Waals surface area contributed by atoms with Crippen LogP contribution in [0.25, 0.3) is 0 Å². The van der Waals surface area contributed by atoms with Crippen LogP contribution >= 0.6 is 23.2 Å². The number of nitrogens with two attached hydrogens (primary N) is 1. The van der Waals surface area contributed by atoms with Crippen LogP contribution < -0.4 is 5.73 Å². The van der Waals surface area contributed by atoms with E-state index in [2.05, 4.69) is 4.98 Å². The lowest BCUT2D eigenvalue weighted by Crippen LogP contribution is -2.19. The zero-order chi connectivity index (χ0) is 13.7. The Kier molecular flexibility index (Phi) is 5.20. The van der Waals surface area contributed by atoms with Crippen LogP contribution in [-0.2, 0) is 12.8 Å². The summed E-state index contributed by atoms with van der Waals surface area (Å²) in [4.78, 5) is 3.99. The highest BCUT2D eigenvalue weighted by Crippen LogP contribution is 2.20. The minimum atomic E-state index is 0.362. The molecular weight excluding hydrogens is 279 g/mol. The Balaban J connectivity index is 2.05. The van der Waals surface area contributed by atoms with E-state index in [0.29, 0.717) is 17.5 Å². The van der Waals surface area contributed by atoms with Crippen LogP contribution in [0.4, 0.5) is 0 Å². The van der Waals surface area contributed by atoms with Crippen LogP contribution in [0, 0.1) is 5.92 Å². The number of halogens is 2. The van der Waals surface area contributed by atoms with E-state index in [9.17, 15) is 0 Å². The first-order chi connectivity index (χ1) is 9.19. The van der Waals surface area contributed by atoms with E-state index in [1.165, 1.54) is 5.56 Å². The van der Waals surface area contributed by atoms with E-state index in [4.69, 9.17) is 28.9 Å². The molecule has 1 unspecified atom stereocenters. The summed E-state index contributed by atoms with van der Waals surface area (Å²) >= 11 is 12.0. The predicted octanol–water partition coefficient (Wildman–Crippen LogP) is 3.75. The second-order valence-corrected chi connectivity index (χ2v) is 5.45. The van der Waals surface area contributed by atoms with E-state index in [1.54, 1.807) is 12.4 Å². The fourth-order valence-electron chi connectivity index (χ4n) is 2.07. The summed E-state index contributed by atoms with van der Waals surface area (Å²) in [6.45, 7) is 0.626. The normalized spacial score (nSPS) is 12.4. The Hall–Kier alpha value is -1.09. The zero-order valence-corrected chi connectivity index (χ0v) is 12.0. The van der Waals surface area contributed by atoms with E-state index in [1.807, 2.05) is 30.3 Å². The van der Waals surface area contributed by atoms with Gasteiger partial charge in [0.2, 0.25) is 0 Å². The fourth-order valence-corrected chi connectivity index (χ4v) is 2.40. The lowest BCUT2D eigenvalue weighted by Gasteiger charge is -2.15. The number of nitrogens with zero attached hydrogens (tertiary/aromatic N) is 1. The van der Waals surface area contributed by atoms with E-state index < -0.39 is 0 Å². The third kappa shape index (κ3) is 4.20. The lowest BCUT2D eigenvalue weighted by atomic mass is 9.93. The Morgan fingerprint density at radius 3 is 2.42 bits per heavy atom. The van der Waals surface area contributed by atoms with Gasteiger partial charge in [0.25, 0.3) is 0 Å². The molecule has 19 heavy (non-hydrogen) atoms. The van der Waals surface area contributed by atoms with Crippen molar-refractivity contribution in [2.75, 3.05) is 6.54 Å². The molecule has 1 heterocycles. The highest BCUT2D eigenvalue weighted by molar-refractivity contribution is 6.31. The molecular formula is C15H16Cl2N2. The Morgan fingerprint density at radius 2 is 1.79 bits per heavy atom. The standard InChI is InChI=1S/C15H16Cl2N2/c16-14-3-1-11(2-4-14)7-12(9-18)8-13-5-6-19-10-15(13)17/h1-6,10,12H,7-9,18H2. The quantitative estimate of drug-likeness (QED) is 0.912. The van der Waals surface area contributed by atoms with Gasteiger partial charge < -0.3 is 5.73 Å². The van der Waals surface area contributed by atoms with Crippen molar-refractivity contribution < 1.29 is 0 Å². The molecule has 1 atom stereocenters. The summed E-state index contributed by atoms with van der Waals surface area (Å²) in [5, 5.41) is 1.46. The van der Waals surface area contributed by atoms with Crippen molar-refractivity contribution >= 4 is 23.2 Å². The lowest BCUT2D eigenvalue weighted by molar-refractivity contribution is 0.533. The molecule has 0 radical (unpaired) electrons. The van der Waals surface area contributed by atoms with Gasteiger partial charge in [-0.3, -0.25) is 4.98 Å². The molecule has 2 rings (SSSR count). The van der Waals surface area contributed by atoms with Gasteiger partial charge in [-0.05, 0) is 54.6 Å². The van der Waals surface area contributed by atoms with Crippen molar-refractivity contribution in [3.63, 3.8) is 0 Å². The number of pyridine rings is 1. The highest BCUT2D eigenvalue weighted by Gasteiger charge is 2.11. The molecule has 2 nitrogen and oxygen atoms in total. The van der Waals surface area contributed by atoms with Crippen LogP contribution in [0.2, 0.25) is 10.0 Å². The van der Waals surface area contributed by atoms with Crippen LogP contribution in [0.3, 0.4) is 0 Å². The van der Waals surface area contributed by atoms with Crippen molar-refractivity contribution in [2.45, 2.75) is 12.8 Å². The largest absolute Gasteiger partial charge is 0.330 e. The Morgan fingerprint density at radius 1 is 1.05 bits per heavy atom. The van der Waals surface area contributed by atoms with Crippen molar-refractivity contribution in [3.8, 4) is 0 Å². The summed E-state index contributed by atoms with van der Waals surface area (Å²) in [6, 6.07) is 9.85. The van der Waals surface area contributed by atoms with Crippen molar-refractivity contribution in [1.29, 1.82) is 0 Å². The average Bonchev–Trinajstić information content (AvgIpc) is 2.43. The maximum Gasteiger partial charge on any atom is 0.0621 e. The predicted molar refractivity (Wildman–Crippen MR) is 80.7 cm³/mol. The van der Waals surface area contributed by atoms with Gasteiger partial charge in [-0.2, -0.15) is 0 Å². The molecule has 2 N–H and O–H groups in total. The van der Waals surface area contributed by atoms with Crippen LogP contribution in [0.5, 0.6) is 0 Å². The fraction of sp³-hybridized carbons (Fsp3) is 0.267. The maximum atomic E-state index is 6.13. The molecule has 0 saturated heterocycles. The molecule has 4 heteroatoms. The SMILES string of the molecule is NCC(Cc1ccc(Cl)cc1)Cc1ccncc1Cl. The summed E-state index contributed by atoms with van der Waals surface area (Å²) < 4.78 is 0. The zero-order valence-electron chi connectivity index (χ0n) is 10.5. The number of benzene rings is 1. The molecule has 0 spiro atoms. The molecule has 0 fully saturated rings. The summed E-state index contributed by atoms with van der Waals surface area (Å²) in [5.74, 6) is 0.362.